The smallest absolute Gasteiger partial charge is 0.264 e. The molecule has 0 spiro atoms. The standard InChI is InChI=1S/C30H34FN3O5S/c1-22(30(36)32-25-8-6-7-9-25)33(20-23-12-14-24(31)15-13-23)29(35)21-34(26-16-18-27(39-2)19-17-26)40(37,38)28-10-4-3-5-11-28/h3-5,10-19,22,25H,6-9,20-21H2,1-2H3,(H,32,36)/t22-/m0/s1. The maximum Gasteiger partial charge on any atom is 0.264 e. The summed E-state index contributed by atoms with van der Waals surface area (Å²) in [4.78, 5) is 28.5. The Kier molecular flexibility index (Phi) is 9.42. The Labute approximate surface area is 234 Å². The van der Waals surface area contributed by atoms with Crippen molar-refractivity contribution in [2.24, 2.45) is 0 Å². The van der Waals surface area contributed by atoms with E-state index in [2.05, 4.69) is 5.32 Å². The fourth-order valence-electron chi connectivity index (χ4n) is 4.76. The number of carbonyl (C=O) groups excluding carboxylic acids is 2. The Bertz CT molecular complexity index is 1390. The number of halogens is 1. The lowest BCUT2D eigenvalue weighted by atomic mass is 10.1. The van der Waals surface area contributed by atoms with Crippen LogP contribution in [0, 0.1) is 5.82 Å². The van der Waals surface area contributed by atoms with Crippen LogP contribution in [0.4, 0.5) is 10.1 Å². The van der Waals surface area contributed by atoms with Crippen molar-refractivity contribution in [3.63, 3.8) is 0 Å². The van der Waals surface area contributed by atoms with Gasteiger partial charge in [0, 0.05) is 12.6 Å². The van der Waals surface area contributed by atoms with Crippen molar-refractivity contribution in [2.75, 3.05) is 18.0 Å². The minimum absolute atomic E-state index is 0.000202. The van der Waals surface area contributed by atoms with Gasteiger partial charge >= 0.3 is 0 Å². The molecular weight excluding hydrogens is 533 g/mol. The van der Waals surface area contributed by atoms with Crippen LogP contribution in [0.15, 0.2) is 83.8 Å². The molecule has 1 atom stereocenters. The van der Waals surface area contributed by atoms with E-state index in [0.29, 0.717) is 11.3 Å². The lowest BCUT2D eigenvalue weighted by Crippen LogP contribution is -2.52. The number of sulfonamides is 1. The predicted octanol–water partition coefficient (Wildman–Crippen LogP) is 4.51. The number of benzene rings is 3. The van der Waals surface area contributed by atoms with Gasteiger partial charge in [-0.15, -0.1) is 0 Å². The van der Waals surface area contributed by atoms with Gasteiger partial charge in [-0.1, -0.05) is 43.2 Å². The number of hydrogen-bond acceptors (Lipinski definition) is 5. The quantitative estimate of drug-likeness (QED) is 0.368. The molecule has 1 aliphatic carbocycles. The van der Waals surface area contributed by atoms with Gasteiger partial charge in [0.2, 0.25) is 11.8 Å². The first kappa shape index (κ1) is 29.1. The van der Waals surface area contributed by atoms with Crippen LogP contribution >= 0.6 is 0 Å². The van der Waals surface area contributed by atoms with Crippen LogP contribution < -0.4 is 14.4 Å². The van der Waals surface area contributed by atoms with E-state index in [-0.39, 0.29) is 29.1 Å². The van der Waals surface area contributed by atoms with Gasteiger partial charge < -0.3 is 15.0 Å². The molecule has 0 unspecified atom stereocenters. The van der Waals surface area contributed by atoms with Crippen LogP contribution in [0.5, 0.6) is 5.75 Å². The molecule has 40 heavy (non-hydrogen) atoms. The molecule has 2 amide bonds. The Morgan fingerprint density at radius 3 is 2.20 bits per heavy atom. The van der Waals surface area contributed by atoms with E-state index < -0.39 is 34.3 Å². The highest BCUT2D eigenvalue weighted by Gasteiger charge is 2.33. The SMILES string of the molecule is COc1ccc(N(CC(=O)N(Cc2ccc(F)cc2)[C@@H](C)C(=O)NC2CCCC2)S(=O)(=O)c2ccccc2)cc1. The normalized spacial score (nSPS) is 14.4. The molecule has 1 N–H and O–H groups in total. The third kappa shape index (κ3) is 6.98. The molecule has 3 aromatic rings. The zero-order valence-corrected chi connectivity index (χ0v) is 23.4. The summed E-state index contributed by atoms with van der Waals surface area (Å²) in [6, 6.07) is 19.0. The van der Waals surface area contributed by atoms with Gasteiger partial charge in [-0.25, -0.2) is 12.8 Å². The number of anilines is 1. The van der Waals surface area contributed by atoms with Gasteiger partial charge in [0.15, 0.2) is 0 Å². The highest BCUT2D eigenvalue weighted by atomic mass is 32.2. The third-order valence-corrected chi connectivity index (χ3v) is 8.89. The molecule has 3 aromatic carbocycles. The predicted molar refractivity (Wildman–Crippen MR) is 151 cm³/mol. The van der Waals surface area contributed by atoms with Gasteiger partial charge in [0.1, 0.15) is 24.2 Å². The molecule has 212 valence electrons. The van der Waals surface area contributed by atoms with E-state index in [4.69, 9.17) is 4.74 Å². The highest BCUT2D eigenvalue weighted by molar-refractivity contribution is 7.92. The van der Waals surface area contributed by atoms with Crippen molar-refractivity contribution in [1.29, 1.82) is 0 Å². The van der Waals surface area contributed by atoms with Crippen molar-refractivity contribution >= 4 is 27.5 Å². The molecule has 0 saturated heterocycles. The van der Waals surface area contributed by atoms with E-state index in [0.717, 1.165) is 30.0 Å². The first-order valence-corrected chi connectivity index (χ1v) is 14.7. The molecule has 0 aromatic heterocycles. The third-order valence-electron chi connectivity index (χ3n) is 7.11. The van der Waals surface area contributed by atoms with E-state index in [9.17, 15) is 22.4 Å². The average Bonchev–Trinajstić information content (AvgIpc) is 3.48. The number of amides is 2. The van der Waals surface area contributed by atoms with Crippen molar-refractivity contribution in [3.8, 4) is 5.75 Å². The van der Waals surface area contributed by atoms with Crippen LogP contribution in [0.1, 0.15) is 38.2 Å². The average molecular weight is 568 g/mol. The fraction of sp³-hybridized carbons (Fsp3) is 0.333. The van der Waals surface area contributed by atoms with E-state index >= 15 is 0 Å². The second kappa shape index (κ2) is 13.0. The van der Waals surface area contributed by atoms with Crippen LogP contribution in [-0.4, -0.2) is 50.9 Å². The molecule has 0 heterocycles. The number of ether oxygens (including phenoxy) is 1. The molecule has 1 fully saturated rings. The summed E-state index contributed by atoms with van der Waals surface area (Å²) in [5, 5.41) is 3.02. The van der Waals surface area contributed by atoms with Gasteiger partial charge in [-0.3, -0.25) is 13.9 Å². The topological polar surface area (TPSA) is 96.0 Å². The Hall–Kier alpha value is -3.92. The van der Waals surface area contributed by atoms with E-state index in [1.165, 1.54) is 36.3 Å². The summed E-state index contributed by atoms with van der Waals surface area (Å²) in [5.74, 6) is -0.784. The number of nitrogens with zero attached hydrogens (tertiary/aromatic N) is 2. The molecule has 10 heteroatoms. The number of nitrogens with one attached hydrogen (secondary N) is 1. The molecule has 1 aliphatic rings. The van der Waals surface area contributed by atoms with Crippen LogP contribution in [0.25, 0.3) is 0 Å². The largest absolute Gasteiger partial charge is 0.497 e. The number of carbonyl (C=O) groups is 2. The zero-order valence-electron chi connectivity index (χ0n) is 22.6. The molecule has 4 rings (SSSR count). The maximum absolute atomic E-state index is 13.9. The number of rotatable bonds is 11. The van der Waals surface area contributed by atoms with Crippen molar-refractivity contribution in [2.45, 2.75) is 56.1 Å². The highest BCUT2D eigenvalue weighted by Crippen LogP contribution is 2.26. The summed E-state index contributed by atoms with van der Waals surface area (Å²) in [6.07, 6.45) is 3.83. The minimum atomic E-state index is -4.15. The molecule has 8 nitrogen and oxygen atoms in total. The Morgan fingerprint density at radius 1 is 0.975 bits per heavy atom. The number of hydrogen-bond donors (Lipinski definition) is 1. The Morgan fingerprint density at radius 2 is 1.60 bits per heavy atom. The first-order valence-electron chi connectivity index (χ1n) is 13.2. The van der Waals surface area contributed by atoms with Gasteiger partial charge in [-0.2, -0.15) is 0 Å². The van der Waals surface area contributed by atoms with Crippen LogP contribution in [-0.2, 0) is 26.2 Å². The summed E-state index contributed by atoms with van der Waals surface area (Å²) < 4.78 is 47.4. The van der Waals surface area contributed by atoms with Crippen LogP contribution in [0.2, 0.25) is 0 Å². The van der Waals surface area contributed by atoms with E-state index in [1.54, 1.807) is 61.5 Å². The van der Waals surface area contributed by atoms with Crippen molar-refractivity contribution in [3.05, 3.63) is 90.2 Å². The molecular formula is C30H34FN3O5S. The summed E-state index contributed by atoms with van der Waals surface area (Å²) in [6.45, 7) is 1.07. The van der Waals surface area contributed by atoms with Gasteiger partial charge in [0.25, 0.3) is 10.0 Å². The lowest BCUT2D eigenvalue weighted by molar-refractivity contribution is -0.139. The lowest BCUT2D eigenvalue weighted by Gasteiger charge is -2.32. The zero-order chi connectivity index (χ0) is 28.7. The van der Waals surface area contributed by atoms with Crippen LogP contribution in [0.3, 0.4) is 0 Å². The maximum atomic E-state index is 13.9. The molecule has 0 bridgehead atoms. The molecule has 1 saturated carbocycles. The molecule has 0 aliphatic heterocycles. The summed E-state index contributed by atoms with van der Waals surface area (Å²) in [7, 11) is -2.65. The van der Waals surface area contributed by atoms with Crippen molar-refractivity contribution in [1.82, 2.24) is 10.2 Å². The minimum Gasteiger partial charge on any atom is -0.497 e. The van der Waals surface area contributed by atoms with Crippen molar-refractivity contribution < 1.29 is 27.1 Å². The second-order valence-electron chi connectivity index (χ2n) is 9.84. The van der Waals surface area contributed by atoms with E-state index in [1.807, 2.05) is 0 Å². The monoisotopic (exact) mass is 567 g/mol. The molecule has 0 radical (unpaired) electrons. The first-order chi connectivity index (χ1) is 19.2. The summed E-state index contributed by atoms with van der Waals surface area (Å²) in [5.41, 5.74) is 0.875. The van der Waals surface area contributed by atoms with Gasteiger partial charge in [0.05, 0.1) is 17.7 Å². The second-order valence-corrected chi connectivity index (χ2v) is 11.7. The van der Waals surface area contributed by atoms with Gasteiger partial charge in [-0.05, 0) is 73.9 Å². The number of methoxy groups -OCH3 is 1. The fourth-order valence-corrected chi connectivity index (χ4v) is 6.19. The Balaban J connectivity index is 1.67. The summed E-state index contributed by atoms with van der Waals surface area (Å²) >= 11 is 0.